The molecule has 1 aromatic heterocycles. The van der Waals surface area contributed by atoms with E-state index in [1.54, 1.807) is 7.11 Å². The molecular weight excluding hydrogens is 252 g/mol. The zero-order valence-corrected chi connectivity index (χ0v) is 12.1. The molecule has 1 aromatic rings. The predicted molar refractivity (Wildman–Crippen MR) is 72.2 cm³/mol. The summed E-state index contributed by atoms with van der Waals surface area (Å²) in [4.78, 5) is 15.9. The third-order valence-electron chi connectivity index (χ3n) is 2.59. The van der Waals surface area contributed by atoms with Gasteiger partial charge in [-0.05, 0) is 11.8 Å². The summed E-state index contributed by atoms with van der Waals surface area (Å²) in [6.07, 6.45) is 2.49. The van der Waals surface area contributed by atoms with Gasteiger partial charge in [-0.25, -0.2) is 9.78 Å². The van der Waals surface area contributed by atoms with Crippen molar-refractivity contribution in [3.63, 3.8) is 0 Å². The highest BCUT2D eigenvalue weighted by molar-refractivity contribution is 7.17. The molecule has 0 saturated carbocycles. The maximum Gasteiger partial charge on any atom is 0.349 e. The van der Waals surface area contributed by atoms with Crippen LogP contribution in [0.5, 0.6) is 0 Å². The Hall–Kier alpha value is -1.14. The van der Waals surface area contributed by atoms with Crippen molar-refractivity contribution in [3.8, 4) is 0 Å². The van der Waals surface area contributed by atoms with Crippen molar-refractivity contribution < 1.29 is 14.3 Å². The minimum atomic E-state index is -0.348. The van der Waals surface area contributed by atoms with Crippen LogP contribution in [0.3, 0.4) is 0 Å². The first-order valence-electron chi connectivity index (χ1n) is 5.75. The van der Waals surface area contributed by atoms with Gasteiger partial charge >= 0.3 is 5.97 Å². The number of carbonyl (C=O) groups excluding carboxylic acids is 1. The number of esters is 1. The predicted octanol–water partition coefficient (Wildman–Crippen LogP) is 2.40. The van der Waals surface area contributed by atoms with E-state index in [1.807, 2.05) is 0 Å². The van der Waals surface area contributed by atoms with E-state index in [0.717, 1.165) is 24.7 Å². The van der Waals surface area contributed by atoms with E-state index in [4.69, 9.17) is 4.74 Å². The minimum Gasteiger partial charge on any atom is -0.465 e. The minimum absolute atomic E-state index is 0.118. The molecule has 0 fully saturated rings. The smallest absolute Gasteiger partial charge is 0.349 e. The Balaban J connectivity index is 2.48. The van der Waals surface area contributed by atoms with E-state index >= 15 is 0 Å². The molecule has 102 valence electrons. The van der Waals surface area contributed by atoms with Crippen LogP contribution in [0.4, 0.5) is 5.13 Å². The van der Waals surface area contributed by atoms with Crippen LogP contribution < -0.4 is 5.32 Å². The first-order chi connectivity index (χ1) is 8.48. The average Bonchev–Trinajstić information content (AvgIpc) is 2.82. The van der Waals surface area contributed by atoms with E-state index in [2.05, 4.69) is 28.9 Å². The highest BCUT2D eigenvalue weighted by Gasteiger charge is 2.18. The number of thiazole rings is 1. The molecule has 0 saturated heterocycles. The number of nitrogens with one attached hydrogen (secondary N) is 1. The van der Waals surface area contributed by atoms with Crippen LogP contribution in [0.1, 0.15) is 29.9 Å². The molecule has 0 spiro atoms. The van der Waals surface area contributed by atoms with Crippen molar-refractivity contribution in [2.24, 2.45) is 5.41 Å². The fourth-order valence-electron chi connectivity index (χ4n) is 1.33. The molecule has 0 atom stereocenters. The van der Waals surface area contributed by atoms with Gasteiger partial charge in [0.05, 0.1) is 13.3 Å². The summed E-state index contributed by atoms with van der Waals surface area (Å²) in [6.45, 7) is 5.84. The van der Waals surface area contributed by atoms with Crippen LogP contribution in [0, 0.1) is 5.41 Å². The second kappa shape index (κ2) is 6.70. The molecular formula is C12H20N2O3S. The van der Waals surface area contributed by atoms with Gasteiger partial charge in [-0.15, -0.1) is 0 Å². The standard InChI is InChI=1S/C12H20N2O3S/c1-12(2,5-6-16-3)8-14-11-13-7-9(18-11)10(15)17-4/h7H,5-6,8H2,1-4H3,(H,13,14). The number of ether oxygens (including phenoxy) is 2. The molecule has 0 amide bonds. The third kappa shape index (κ3) is 4.62. The van der Waals surface area contributed by atoms with Crippen molar-refractivity contribution >= 4 is 22.4 Å². The Labute approximate surface area is 112 Å². The second-order valence-electron chi connectivity index (χ2n) is 4.78. The van der Waals surface area contributed by atoms with E-state index in [0.29, 0.717) is 4.88 Å². The number of carbonyl (C=O) groups is 1. The fourth-order valence-corrected chi connectivity index (χ4v) is 2.06. The van der Waals surface area contributed by atoms with Crippen LogP contribution in [0.25, 0.3) is 0 Å². The van der Waals surface area contributed by atoms with E-state index in [1.165, 1.54) is 24.6 Å². The summed E-state index contributed by atoms with van der Waals surface area (Å²) in [5, 5.41) is 3.97. The second-order valence-corrected chi connectivity index (χ2v) is 5.81. The monoisotopic (exact) mass is 272 g/mol. The van der Waals surface area contributed by atoms with Gasteiger partial charge in [0, 0.05) is 20.3 Å². The zero-order chi connectivity index (χ0) is 13.6. The molecule has 1 N–H and O–H groups in total. The first-order valence-corrected chi connectivity index (χ1v) is 6.57. The van der Waals surface area contributed by atoms with E-state index in [9.17, 15) is 4.79 Å². The van der Waals surface area contributed by atoms with E-state index in [-0.39, 0.29) is 11.4 Å². The van der Waals surface area contributed by atoms with Gasteiger partial charge in [-0.1, -0.05) is 25.2 Å². The first kappa shape index (κ1) is 14.9. The maximum absolute atomic E-state index is 11.3. The van der Waals surface area contributed by atoms with Crippen LogP contribution in [0.15, 0.2) is 6.20 Å². The molecule has 6 heteroatoms. The summed E-state index contributed by atoms with van der Waals surface area (Å²) in [7, 11) is 3.07. The lowest BCUT2D eigenvalue weighted by atomic mass is 9.90. The molecule has 0 aliphatic carbocycles. The topological polar surface area (TPSA) is 60.5 Å². The average molecular weight is 272 g/mol. The number of anilines is 1. The van der Waals surface area contributed by atoms with Gasteiger partial charge in [0.15, 0.2) is 5.13 Å². The number of nitrogens with zero attached hydrogens (tertiary/aromatic N) is 1. The van der Waals surface area contributed by atoms with Crippen molar-refractivity contribution in [2.45, 2.75) is 20.3 Å². The van der Waals surface area contributed by atoms with Crippen LogP contribution >= 0.6 is 11.3 Å². The summed E-state index contributed by atoms with van der Waals surface area (Å²) < 4.78 is 9.71. The van der Waals surface area contributed by atoms with Gasteiger partial charge in [0.1, 0.15) is 4.88 Å². The summed E-state index contributed by atoms with van der Waals surface area (Å²) >= 11 is 1.30. The quantitative estimate of drug-likeness (QED) is 0.772. The van der Waals surface area contributed by atoms with Crippen molar-refractivity contribution in [1.82, 2.24) is 4.98 Å². The number of hydrogen-bond acceptors (Lipinski definition) is 6. The molecule has 0 aromatic carbocycles. The lowest BCUT2D eigenvalue weighted by Gasteiger charge is -2.24. The molecule has 0 aliphatic rings. The lowest BCUT2D eigenvalue weighted by Crippen LogP contribution is -2.24. The lowest BCUT2D eigenvalue weighted by molar-refractivity contribution is 0.0606. The molecule has 18 heavy (non-hydrogen) atoms. The Kier molecular flexibility index (Phi) is 5.55. The van der Waals surface area contributed by atoms with Crippen molar-refractivity contribution in [1.29, 1.82) is 0 Å². The van der Waals surface area contributed by atoms with Gasteiger partial charge in [-0.2, -0.15) is 0 Å². The molecule has 5 nitrogen and oxygen atoms in total. The number of rotatable bonds is 7. The highest BCUT2D eigenvalue weighted by atomic mass is 32.1. The summed E-state index contributed by atoms with van der Waals surface area (Å²) in [5.41, 5.74) is 0.118. The molecule has 0 bridgehead atoms. The number of hydrogen-bond donors (Lipinski definition) is 1. The summed E-state index contributed by atoms with van der Waals surface area (Å²) in [6, 6.07) is 0. The van der Waals surface area contributed by atoms with Gasteiger partial charge < -0.3 is 14.8 Å². The molecule has 1 heterocycles. The van der Waals surface area contributed by atoms with Crippen molar-refractivity contribution in [2.75, 3.05) is 32.7 Å². The normalized spacial score (nSPS) is 11.3. The van der Waals surface area contributed by atoms with Crippen LogP contribution in [-0.4, -0.2) is 38.3 Å². The third-order valence-corrected chi connectivity index (χ3v) is 3.53. The van der Waals surface area contributed by atoms with Crippen molar-refractivity contribution in [3.05, 3.63) is 11.1 Å². The largest absolute Gasteiger partial charge is 0.465 e. The van der Waals surface area contributed by atoms with Gasteiger partial charge in [0.25, 0.3) is 0 Å². The maximum atomic E-state index is 11.3. The Bertz CT molecular complexity index is 390. The Morgan fingerprint density at radius 2 is 2.22 bits per heavy atom. The van der Waals surface area contributed by atoms with E-state index < -0.39 is 0 Å². The Morgan fingerprint density at radius 1 is 1.50 bits per heavy atom. The van der Waals surface area contributed by atoms with Gasteiger partial charge in [-0.3, -0.25) is 0 Å². The molecule has 0 aliphatic heterocycles. The molecule has 0 unspecified atom stereocenters. The SMILES string of the molecule is COCCC(C)(C)CNc1ncc(C(=O)OC)s1. The Morgan fingerprint density at radius 3 is 2.83 bits per heavy atom. The number of aromatic nitrogens is 1. The van der Waals surface area contributed by atoms with Crippen LogP contribution in [0.2, 0.25) is 0 Å². The molecule has 1 rings (SSSR count). The van der Waals surface area contributed by atoms with Crippen LogP contribution in [-0.2, 0) is 9.47 Å². The molecule has 0 radical (unpaired) electrons. The number of methoxy groups -OCH3 is 2. The highest BCUT2D eigenvalue weighted by Crippen LogP contribution is 2.24. The zero-order valence-electron chi connectivity index (χ0n) is 11.3. The fraction of sp³-hybridized carbons (Fsp3) is 0.667. The summed E-state index contributed by atoms with van der Waals surface area (Å²) in [5.74, 6) is -0.348. The van der Waals surface area contributed by atoms with Gasteiger partial charge in [0.2, 0.25) is 0 Å².